The Morgan fingerprint density at radius 3 is 1.27 bits per heavy atom. The van der Waals surface area contributed by atoms with Gasteiger partial charge in [-0.15, -0.1) is 0 Å². The minimum Gasteiger partial charge on any atom is -0.252 e. The molecule has 2 heterocycles. The van der Waals surface area contributed by atoms with Crippen molar-refractivity contribution in [1.29, 1.82) is 0 Å². The number of aromatic nitrogens is 4. The van der Waals surface area contributed by atoms with Crippen LogP contribution in [0.4, 0.5) is 0 Å². The molecule has 0 radical (unpaired) electrons. The fourth-order valence-corrected chi connectivity index (χ4v) is 2.73. The maximum atomic E-state index is 4.08. The van der Waals surface area contributed by atoms with Gasteiger partial charge in [0.1, 0.15) is 0 Å². The van der Waals surface area contributed by atoms with Crippen LogP contribution in [0.5, 0.6) is 0 Å². The molecule has 118 valence electrons. The van der Waals surface area contributed by atoms with Gasteiger partial charge in [-0.1, -0.05) is 27.7 Å². The molecule has 0 saturated carbocycles. The predicted molar refractivity (Wildman–Crippen MR) is 85.7 cm³/mol. The highest BCUT2D eigenvalue weighted by Crippen LogP contribution is 2.31. The predicted octanol–water partition coefficient (Wildman–Crippen LogP) is 2.58. The fraction of sp³-hybridized carbons (Fsp3) is 0.556. The second-order valence-corrected chi connectivity index (χ2v) is 7.66. The van der Waals surface area contributed by atoms with Gasteiger partial charge >= 0.3 is 0 Å². The third-order valence-corrected chi connectivity index (χ3v) is 4.08. The average molecular weight is 300 g/mol. The van der Waals surface area contributed by atoms with Crippen LogP contribution in [-0.4, -0.2) is 9.97 Å². The van der Waals surface area contributed by atoms with Crippen LogP contribution >= 0.6 is 0 Å². The third-order valence-electron chi connectivity index (χ3n) is 4.08. The molecule has 0 bridgehead atoms. The van der Waals surface area contributed by atoms with Gasteiger partial charge in [0.15, 0.2) is 37.9 Å². The Bertz CT molecular complexity index is 511. The van der Waals surface area contributed by atoms with Crippen LogP contribution < -0.4 is 9.13 Å². The van der Waals surface area contributed by atoms with Gasteiger partial charge in [0.2, 0.25) is 0 Å². The van der Waals surface area contributed by atoms with Crippen molar-refractivity contribution in [2.24, 2.45) is 10.8 Å². The van der Waals surface area contributed by atoms with Gasteiger partial charge in [0.25, 0.3) is 0 Å². The maximum Gasteiger partial charge on any atom is 0.187 e. The van der Waals surface area contributed by atoms with Gasteiger partial charge in [-0.3, -0.25) is 9.97 Å². The van der Waals surface area contributed by atoms with Crippen LogP contribution in [0.1, 0.15) is 40.5 Å². The summed E-state index contributed by atoms with van der Waals surface area (Å²) >= 11 is 0. The summed E-state index contributed by atoms with van der Waals surface area (Å²) in [5.41, 5.74) is 0.540. The Balaban J connectivity index is 1.89. The first-order valence-electron chi connectivity index (χ1n) is 7.95. The SMILES string of the molecule is CC(C)(CCC(C)(C)C[n+]1ccncc1)C[n+]1ccncc1. The highest BCUT2D eigenvalue weighted by molar-refractivity contribution is 4.73. The van der Waals surface area contributed by atoms with E-state index in [0.717, 1.165) is 13.1 Å². The first kappa shape index (κ1) is 16.5. The summed E-state index contributed by atoms with van der Waals surface area (Å²) < 4.78 is 4.44. The quantitative estimate of drug-likeness (QED) is 0.736. The zero-order chi connectivity index (χ0) is 16.1. The van der Waals surface area contributed by atoms with E-state index in [-0.39, 0.29) is 10.8 Å². The van der Waals surface area contributed by atoms with E-state index >= 15 is 0 Å². The Labute approximate surface area is 133 Å². The minimum absolute atomic E-state index is 0.270. The highest BCUT2D eigenvalue weighted by Gasteiger charge is 2.29. The molecule has 0 aromatic carbocycles. The van der Waals surface area contributed by atoms with Crippen molar-refractivity contribution < 1.29 is 9.13 Å². The van der Waals surface area contributed by atoms with Crippen LogP contribution in [0.2, 0.25) is 0 Å². The van der Waals surface area contributed by atoms with Crippen molar-refractivity contribution in [3.63, 3.8) is 0 Å². The lowest BCUT2D eigenvalue weighted by Gasteiger charge is -2.27. The molecule has 22 heavy (non-hydrogen) atoms. The molecule has 0 fully saturated rings. The van der Waals surface area contributed by atoms with E-state index < -0.39 is 0 Å². The van der Waals surface area contributed by atoms with Crippen LogP contribution in [0.3, 0.4) is 0 Å². The van der Waals surface area contributed by atoms with Gasteiger partial charge in [-0.25, -0.2) is 9.13 Å². The highest BCUT2D eigenvalue weighted by atomic mass is 15.0. The Morgan fingerprint density at radius 2 is 0.955 bits per heavy atom. The van der Waals surface area contributed by atoms with Gasteiger partial charge < -0.3 is 0 Å². The average Bonchev–Trinajstić information content (AvgIpc) is 2.47. The molecule has 2 aromatic rings. The fourth-order valence-electron chi connectivity index (χ4n) is 2.73. The number of rotatable bonds is 7. The van der Waals surface area contributed by atoms with Gasteiger partial charge in [-0.2, -0.15) is 0 Å². The standard InChI is InChI=1S/C18H28N4/c1-17(2,15-21-11-7-19-8-12-21)5-6-18(3,4)16-22-13-9-20-10-14-22/h7-14H,5-6,15-16H2,1-4H3/q+2. The third kappa shape index (κ3) is 5.51. The van der Waals surface area contributed by atoms with Gasteiger partial charge in [0.05, 0.1) is 24.8 Å². The molecule has 0 N–H and O–H groups in total. The lowest BCUT2D eigenvalue weighted by atomic mass is 9.78. The Kier molecular flexibility index (Phi) is 5.22. The van der Waals surface area contributed by atoms with E-state index in [9.17, 15) is 0 Å². The monoisotopic (exact) mass is 300 g/mol. The second-order valence-electron chi connectivity index (χ2n) is 7.66. The topological polar surface area (TPSA) is 33.5 Å². The molecule has 0 spiro atoms. The molecule has 0 amide bonds. The summed E-state index contributed by atoms with van der Waals surface area (Å²) in [6.07, 6.45) is 17.9. The first-order valence-corrected chi connectivity index (χ1v) is 7.95. The first-order chi connectivity index (χ1) is 10.4. The molecule has 2 rings (SSSR count). The van der Waals surface area contributed by atoms with E-state index in [4.69, 9.17) is 0 Å². The zero-order valence-corrected chi connectivity index (χ0v) is 14.2. The molecule has 4 heteroatoms. The normalized spacial score (nSPS) is 12.4. The summed E-state index contributed by atoms with van der Waals surface area (Å²) in [5.74, 6) is 0. The van der Waals surface area contributed by atoms with Crippen molar-refractivity contribution in [3.8, 4) is 0 Å². The van der Waals surface area contributed by atoms with E-state index in [2.05, 4.69) is 46.8 Å². The molecule has 0 aliphatic rings. The van der Waals surface area contributed by atoms with E-state index in [1.54, 1.807) is 0 Å². The summed E-state index contributed by atoms with van der Waals surface area (Å²) in [6.45, 7) is 11.4. The maximum absolute atomic E-state index is 4.08. The molecule has 0 aliphatic heterocycles. The number of nitrogens with zero attached hydrogens (tertiary/aromatic N) is 4. The summed E-state index contributed by atoms with van der Waals surface area (Å²) in [7, 11) is 0. The lowest BCUT2D eigenvalue weighted by molar-refractivity contribution is -0.712. The second kappa shape index (κ2) is 6.95. The van der Waals surface area contributed by atoms with Crippen molar-refractivity contribution in [3.05, 3.63) is 49.6 Å². The molecule has 2 aromatic heterocycles. The van der Waals surface area contributed by atoms with Crippen molar-refractivity contribution in [2.45, 2.75) is 53.6 Å². The van der Waals surface area contributed by atoms with E-state index in [0.29, 0.717) is 0 Å². The number of hydrogen-bond donors (Lipinski definition) is 0. The molecule has 4 nitrogen and oxygen atoms in total. The minimum atomic E-state index is 0.270. The zero-order valence-electron chi connectivity index (χ0n) is 14.2. The number of hydrogen-bond acceptors (Lipinski definition) is 2. The largest absolute Gasteiger partial charge is 0.252 e. The molecule has 0 atom stereocenters. The summed E-state index contributed by atoms with van der Waals surface area (Å²) in [4.78, 5) is 8.16. The molecule has 0 unspecified atom stereocenters. The molecular formula is C18H28N4+2. The van der Waals surface area contributed by atoms with E-state index in [1.807, 2.05) is 49.6 Å². The van der Waals surface area contributed by atoms with Crippen LogP contribution in [0.25, 0.3) is 0 Å². The van der Waals surface area contributed by atoms with Gasteiger partial charge in [-0.05, 0) is 12.8 Å². The Morgan fingerprint density at radius 1 is 0.636 bits per heavy atom. The van der Waals surface area contributed by atoms with Crippen LogP contribution in [-0.2, 0) is 13.1 Å². The van der Waals surface area contributed by atoms with Gasteiger partial charge in [0, 0.05) is 10.8 Å². The van der Waals surface area contributed by atoms with Crippen molar-refractivity contribution >= 4 is 0 Å². The molecule has 0 saturated heterocycles. The smallest absolute Gasteiger partial charge is 0.187 e. The lowest BCUT2D eigenvalue weighted by Crippen LogP contribution is -2.43. The molecular weight excluding hydrogens is 272 g/mol. The van der Waals surface area contributed by atoms with Crippen molar-refractivity contribution in [1.82, 2.24) is 9.97 Å². The van der Waals surface area contributed by atoms with Crippen molar-refractivity contribution in [2.75, 3.05) is 0 Å². The summed E-state index contributed by atoms with van der Waals surface area (Å²) in [5, 5.41) is 0. The van der Waals surface area contributed by atoms with Crippen LogP contribution in [0, 0.1) is 10.8 Å². The molecule has 0 aliphatic carbocycles. The summed E-state index contributed by atoms with van der Waals surface area (Å²) in [6, 6.07) is 0. The van der Waals surface area contributed by atoms with E-state index in [1.165, 1.54) is 12.8 Å². The Hall–Kier alpha value is -1.84. The van der Waals surface area contributed by atoms with Crippen LogP contribution in [0.15, 0.2) is 49.6 Å².